The minimum Gasteiger partial charge on any atom is -0.409 e. The molecular formula is C8H19N3O2. The first-order valence-corrected chi connectivity index (χ1v) is 4.32. The van der Waals surface area contributed by atoms with Gasteiger partial charge in [-0.15, -0.1) is 0 Å². The topological polar surface area (TPSA) is 90.9 Å². The van der Waals surface area contributed by atoms with Crippen LogP contribution in [0.4, 0.5) is 0 Å². The van der Waals surface area contributed by atoms with Crippen LogP contribution < -0.4 is 11.1 Å². The molecule has 0 heterocycles. The van der Waals surface area contributed by atoms with Gasteiger partial charge in [0.1, 0.15) is 0 Å². The quantitative estimate of drug-likeness (QED) is 0.210. The van der Waals surface area contributed by atoms with Crippen LogP contribution in [0.2, 0.25) is 0 Å². The van der Waals surface area contributed by atoms with Gasteiger partial charge in [0.2, 0.25) is 0 Å². The highest BCUT2D eigenvalue weighted by atomic mass is 16.4. The molecule has 0 aliphatic rings. The molecule has 0 aromatic heterocycles. The van der Waals surface area contributed by atoms with E-state index in [2.05, 4.69) is 10.5 Å². The van der Waals surface area contributed by atoms with Gasteiger partial charge in [-0.25, -0.2) is 0 Å². The summed E-state index contributed by atoms with van der Waals surface area (Å²) in [5.41, 5.74) is 5.02. The van der Waals surface area contributed by atoms with Gasteiger partial charge >= 0.3 is 0 Å². The molecule has 78 valence electrons. The summed E-state index contributed by atoms with van der Waals surface area (Å²) in [4.78, 5) is 0. The van der Waals surface area contributed by atoms with Crippen molar-refractivity contribution in [2.75, 3.05) is 6.61 Å². The molecule has 0 aliphatic carbocycles. The van der Waals surface area contributed by atoms with Crippen molar-refractivity contribution in [2.45, 2.75) is 38.8 Å². The van der Waals surface area contributed by atoms with E-state index in [9.17, 15) is 0 Å². The molecule has 1 unspecified atom stereocenters. The van der Waals surface area contributed by atoms with Gasteiger partial charge in [0, 0.05) is 5.54 Å². The molecule has 5 nitrogen and oxygen atoms in total. The van der Waals surface area contributed by atoms with Gasteiger partial charge in [0.15, 0.2) is 5.84 Å². The molecule has 0 spiro atoms. The van der Waals surface area contributed by atoms with Crippen molar-refractivity contribution in [3.63, 3.8) is 0 Å². The van der Waals surface area contributed by atoms with E-state index in [1.165, 1.54) is 0 Å². The number of nitrogens with two attached hydrogens (primary N) is 1. The molecule has 0 rings (SSSR count). The summed E-state index contributed by atoms with van der Waals surface area (Å²) in [6, 6.07) is -0.202. The largest absolute Gasteiger partial charge is 0.409 e. The molecule has 0 saturated carbocycles. The SMILES string of the molecule is CCC(NC(C)(C)CO)C(N)=NO. The third kappa shape index (κ3) is 4.10. The molecular weight excluding hydrogens is 170 g/mol. The minimum atomic E-state index is -0.421. The van der Waals surface area contributed by atoms with E-state index >= 15 is 0 Å². The molecule has 5 heteroatoms. The van der Waals surface area contributed by atoms with Crippen LogP contribution in [0.1, 0.15) is 27.2 Å². The van der Waals surface area contributed by atoms with Gasteiger partial charge in [-0.3, -0.25) is 5.32 Å². The predicted molar refractivity (Wildman–Crippen MR) is 51.8 cm³/mol. The molecule has 0 fully saturated rings. The number of amidine groups is 1. The number of hydrogen-bond donors (Lipinski definition) is 4. The van der Waals surface area contributed by atoms with Gasteiger partial charge in [-0.2, -0.15) is 0 Å². The Morgan fingerprint density at radius 1 is 1.62 bits per heavy atom. The van der Waals surface area contributed by atoms with Crippen LogP contribution in [0.5, 0.6) is 0 Å². The average Bonchev–Trinajstić information content (AvgIpc) is 2.13. The van der Waals surface area contributed by atoms with E-state index in [1.54, 1.807) is 0 Å². The van der Waals surface area contributed by atoms with Crippen molar-refractivity contribution in [1.29, 1.82) is 0 Å². The summed E-state index contributed by atoms with van der Waals surface area (Å²) in [7, 11) is 0. The highest BCUT2D eigenvalue weighted by Gasteiger charge is 2.22. The summed E-state index contributed by atoms with van der Waals surface area (Å²) >= 11 is 0. The summed E-state index contributed by atoms with van der Waals surface area (Å²) in [5, 5.41) is 23.5. The molecule has 0 aromatic rings. The van der Waals surface area contributed by atoms with Crippen LogP contribution in [-0.4, -0.2) is 34.3 Å². The first kappa shape index (κ1) is 12.2. The Morgan fingerprint density at radius 2 is 2.15 bits per heavy atom. The zero-order chi connectivity index (χ0) is 10.5. The lowest BCUT2D eigenvalue weighted by Gasteiger charge is -2.28. The lowest BCUT2D eigenvalue weighted by molar-refractivity contribution is 0.182. The number of nitrogens with one attached hydrogen (secondary N) is 1. The zero-order valence-corrected chi connectivity index (χ0v) is 8.41. The van der Waals surface area contributed by atoms with Crippen LogP contribution in [0.15, 0.2) is 5.16 Å². The molecule has 13 heavy (non-hydrogen) atoms. The number of oxime groups is 1. The van der Waals surface area contributed by atoms with E-state index in [1.807, 2.05) is 20.8 Å². The fraction of sp³-hybridized carbons (Fsp3) is 0.875. The standard InChI is InChI=1S/C8H19N3O2/c1-4-6(7(9)11-13)10-8(2,3)5-12/h6,10,12-13H,4-5H2,1-3H3,(H2,9,11). The second kappa shape index (κ2) is 5.04. The Hall–Kier alpha value is -0.810. The highest BCUT2D eigenvalue weighted by Crippen LogP contribution is 2.04. The highest BCUT2D eigenvalue weighted by molar-refractivity contribution is 5.85. The van der Waals surface area contributed by atoms with Crippen molar-refractivity contribution in [1.82, 2.24) is 5.32 Å². The first-order chi connectivity index (χ1) is 5.96. The fourth-order valence-electron chi connectivity index (χ4n) is 0.972. The van der Waals surface area contributed by atoms with E-state index in [0.717, 1.165) is 0 Å². The third-order valence-corrected chi connectivity index (χ3v) is 1.84. The Balaban J connectivity index is 4.29. The normalized spacial score (nSPS) is 15.8. The lowest BCUT2D eigenvalue weighted by Crippen LogP contribution is -2.53. The summed E-state index contributed by atoms with van der Waals surface area (Å²) in [5.74, 6) is 0.143. The van der Waals surface area contributed by atoms with E-state index in [0.29, 0.717) is 6.42 Å². The molecule has 1 atom stereocenters. The maximum absolute atomic E-state index is 8.99. The van der Waals surface area contributed by atoms with E-state index < -0.39 is 5.54 Å². The first-order valence-electron chi connectivity index (χ1n) is 4.32. The summed E-state index contributed by atoms with van der Waals surface area (Å²) in [6.07, 6.45) is 0.708. The lowest BCUT2D eigenvalue weighted by atomic mass is 10.0. The second-order valence-electron chi connectivity index (χ2n) is 3.67. The number of rotatable bonds is 5. The molecule has 0 aliphatic heterocycles. The predicted octanol–water partition coefficient (Wildman–Crippen LogP) is -0.128. The van der Waals surface area contributed by atoms with Gasteiger partial charge in [-0.1, -0.05) is 12.1 Å². The van der Waals surface area contributed by atoms with Crippen LogP contribution in [0.25, 0.3) is 0 Å². The van der Waals surface area contributed by atoms with Gasteiger partial charge in [0.05, 0.1) is 12.6 Å². The van der Waals surface area contributed by atoms with Crippen molar-refractivity contribution < 1.29 is 10.3 Å². The summed E-state index contributed by atoms with van der Waals surface area (Å²) < 4.78 is 0. The third-order valence-electron chi connectivity index (χ3n) is 1.84. The van der Waals surface area contributed by atoms with Gasteiger partial charge in [0.25, 0.3) is 0 Å². The zero-order valence-electron chi connectivity index (χ0n) is 8.41. The van der Waals surface area contributed by atoms with E-state index in [-0.39, 0.29) is 18.5 Å². The minimum absolute atomic E-state index is 0.00219. The van der Waals surface area contributed by atoms with E-state index in [4.69, 9.17) is 16.0 Å². The molecule has 0 radical (unpaired) electrons. The Kier molecular flexibility index (Phi) is 4.72. The Morgan fingerprint density at radius 3 is 2.46 bits per heavy atom. The van der Waals surface area contributed by atoms with Crippen molar-refractivity contribution >= 4 is 5.84 Å². The van der Waals surface area contributed by atoms with Crippen LogP contribution >= 0.6 is 0 Å². The molecule has 0 bridgehead atoms. The maximum atomic E-state index is 8.99. The monoisotopic (exact) mass is 189 g/mol. The molecule has 0 amide bonds. The number of hydrogen-bond acceptors (Lipinski definition) is 4. The molecule has 0 aromatic carbocycles. The average molecular weight is 189 g/mol. The smallest absolute Gasteiger partial charge is 0.156 e. The summed E-state index contributed by atoms with van der Waals surface area (Å²) in [6.45, 7) is 5.62. The Labute approximate surface area is 78.6 Å². The van der Waals surface area contributed by atoms with Gasteiger partial charge in [-0.05, 0) is 20.3 Å². The number of aliphatic hydroxyl groups is 1. The van der Waals surface area contributed by atoms with Crippen LogP contribution in [-0.2, 0) is 0 Å². The number of nitrogens with zero attached hydrogens (tertiary/aromatic N) is 1. The van der Waals surface area contributed by atoms with Crippen molar-refractivity contribution in [2.24, 2.45) is 10.9 Å². The fourth-order valence-corrected chi connectivity index (χ4v) is 0.972. The second-order valence-corrected chi connectivity index (χ2v) is 3.67. The van der Waals surface area contributed by atoms with Crippen LogP contribution in [0, 0.1) is 0 Å². The van der Waals surface area contributed by atoms with Gasteiger partial charge < -0.3 is 16.0 Å². The molecule has 0 saturated heterocycles. The van der Waals surface area contributed by atoms with Crippen molar-refractivity contribution in [3.05, 3.63) is 0 Å². The number of aliphatic hydroxyl groups excluding tert-OH is 1. The maximum Gasteiger partial charge on any atom is 0.156 e. The Bertz CT molecular complexity index is 180. The molecule has 5 N–H and O–H groups in total. The van der Waals surface area contributed by atoms with Crippen LogP contribution in [0.3, 0.4) is 0 Å². The van der Waals surface area contributed by atoms with Crippen molar-refractivity contribution in [3.8, 4) is 0 Å².